The van der Waals surface area contributed by atoms with E-state index in [4.69, 9.17) is 5.11 Å². The van der Waals surface area contributed by atoms with Crippen LogP contribution < -0.4 is 5.32 Å². The summed E-state index contributed by atoms with van der Waals surface area (Å²) in [7, 11) is 0. The van der Waals surface area contributed by atoms with E-state index in [9.17, 15) is 4.79 Å². The van der Waals surface area contributed by atoms with Gasteiger partial charge in [-0.05, 0) is 22.6 Å². The molecule has 0 aliphatic rings. The first-order valence-electron chi connectivity index (χ1n) is 5.31. The molecule has 0 bridgehead atoms. The van der Waals surface area contributed by atoms with Crippen molar-refractivity contribution in [2.45, 2.75) is 13.1 Å². The first kappa shape index (κ1) is 11.8. The fourth-order valence-corrected chi connectivity index (χ4v) is 2.36. The number of nitrogens with one attached hydrogen (secondary N) is 1. The van der Waals surface area contributed by atoms with Crippen molar-refractivity contribution < 1.29 is 9.90 Å². The molecular formula is C13H13NO2S. The van der Waals surface area contributed by atoms with Gasteiger partial charge in [-0.2, -0.15) is 0 Å². The second-order valence-electron chi connectivity index (χ2n) is 3.67. The predicted molar refractivity (Wildman–Crippen MR) is 68.3 cm³/mol. The van der Waals surface area contributed by atoms with Crippen LogP contribution in [0.1, 0.15) is 20.8 Å². The molecule has 2 aromatic rings. The number of aromatic carboxylic acids is 1. The zero-order chi connectivity index (χ0) is 12.1. The van der Waals surface area contributed by atoms with Crippen LogP contribution in [0.5, 0.6) is 0 Å². The zero-order valence-corrected chi connectivity index (χ0v) is 10.0. The monoisotopic (exact) mass is 247 g/mol. The molecule has 0 radical (unpaired) electrons. The highest BCUT2D eigenvalue weighted by Crippen LogP contribution is 2.16. The first-order valence-corrected chi connectivity index (χ1v) is 6.19. The maximum Gasteiger partial charge on any atom is 0.346 e. The van der Waals surface area contributed by atoms with Crippen LogP contribution >= 0.6 is 11.3 Å². The molecule has 2 rings (SSSR count). The van der Waals surface area contributed by atoms with E-state index in [0.29, 0.717) is 11.4 Å². The fourth-order valence-electron chi connectivity index (χ4n) is 1.60. The summed E-state index contributed by atoms with van der Waals surface area (Å²) in [6.07, 6.45) is 0. The molecule has 0 aliphatic heterocycles. The Morgan fingerprint density at radius 3 is 2.65 bits per heavy atom. The average molecular weight is 247 g/mol. The Balaban J connectivity index is 1.90. The van der Waals surface area contributed by atoms with E-state index in [1.54, 1.807) is 0 Å². The Labute approximate surface area is 104 Å². The summed E-state index contributed by atoms with van der Waals surface area (Å²) < 4.78 is 0. The standard InChI is InChI=1S/C13H13NO2S/c15-13(16)12-11(6-7-17-12)9-14-8-10-4-2-1-3-5-10/h1-7,14H,8-9H2,(H,15,16). The Morgan fingerprint density at radius 2 is 1.94 bits per heavy atom. The van der Waals surface area contributed by atoms with Gasteiger partial charge in [-0.15, -0.1) is 11.3 Å². The van der Waals surface area contributed by atoms with Gasteiger partial charge in [0, 0.05) is 13.1 Å². The molecule has 0 atom stereocenters. The van der Waals surface area contributed by atoms with E-state index in [1.165, 1.54) is 16.9 Å². The third-order valence-corrected chi connectivity index (χ3v) is 3.37. The summed E-state index contributed by atoms with van der Waals surface area (Å²) >= 11 is 1.26. The third-order valence-electron chi connectivity index (χ3n) is 2.43. The largest absolute Gasteiger partial charge is 0.477 e. The minimum absolute atomic E-state index is 0.422. The maximum atomic E-state index is 10.9. The topological polar surface area (TPSA) is 49.3 Å². The molecule has 0 fully saturated rings. The lowest BCUT2D eigenvalue weighted by Crippen LogP contribution is -2.14. The van der Waals surface area contributed by atoms with Crippen molar-refractivity contribution in [2.24, 2.45) is 0 Å². The fraction of sp³-hybridized carbons (Fsp3) is 0.154. The van der Waals surface area contributed by atoms with E-state index >= 15 is 0 Å². The summed E-state index contributed by atoms with van der Waals surface area (Å²) in [6.45, 7) is 1.33. The zero-order valence-electron chi connectivity index (χ0n) is 9.22. The van der Waals surface area contributed by atoms with E-state index in [-0.39, 0.29) is 0 Å². The van der Waals surface area contributed by atoms with E-state index in [0.717, 1.165) is 12.1 Å². The highest BCUT2D eigenvalue weighted by molar-refractivity contribution is 7.12. The van der Waals surface area contributed by atoms with Crippen molar-refractivity contribution in [3.63, 3.8) is 0 Å². The van der Waals surface area contributed by atoms with Crippen LogP contribution in [-0.2, 0) is 13.1 Å². The molecule has 0 saturated carbocycles. The normalized spacial score (nSPS) is 10.4. The Hall–Kier alpha value is -1.65. The predicted octanol–water partition coefficient (Wildman–Crippen LogP) is 2.74. The molecule has 0 saturated heterocycles. The Kier molecular flexibility index (Phi) is 3.90. The SMILES string of the molecule is O=C(O)c1sccc1CNCc1ccccc1. The molecule has 1 heterocycles. The number of hydrogen-bond donors (Lipinski definition) is 2. The van der Waals surface area contributed by atoms with Crippen LogP contribution in [0.4, 0.5) is 0 Å². The van der Waals surface area contributed by atoms with Crippen LogP contribution in [0.15, 0.2) is 41.8 Å². The molecule has 88 valence electrons. The molecule has 17 heavy (non-hydrogen) atoms. The molecular weight excluding hydrogens is 234 g/mol. The van der Waals surface area contributed by atoms with Gasteiger partial charge in [0.25, 0.3) is 0 Å². The van der Waals surface area contributed by atoms with Gasteiger partial charge in [-0.1, -0.05) is 30.3 Å². The molecule has 2 N–H and O–H groups in total. The van der Waals surface area contributed by atoms with Gasteiger partial charge >= 0.3 is 5.97 Å². The van der Waals surface area contributed by atoms with Gasteiger partial charge in [-0.3, -0.25) is 0 Å². The third kappa shape index (κ3) is 3.15. The molecule has 4 heteroatoms. The number of thiophene rings is 1. The van der Waals surface area contributed by atoms with Crippen molar-refractivity contribution in [1.29, 1.82) is 0 Å². The number of carboxylic acids is 1. The minimum Gasteiger partial charge on any atom is -0.477 e. The van der Waals surface area contributed by atoms with Gasteiger partial charge in [0.2, 0.25) is 0 Å². The lowest BCUT2D eigenvalue weighted by Gasteiger charge is -2.04. The number of carboxylic acid groups (broad SMARTS) is 1. The van der Waals surface area contributed by atoms with Crippen molar-refractivity contribution >= 4 is 17.3 Å². The summed E-state index contributed by atoms with van der Waals surface area (Å²) in [5, 5.41) is 14.0. The highest BCUT2D eigenvalue weighted by Gasteiger charge is 2.10. The lowest BCUT2D eigenvalue weighted by atomic mass is 10.2. The quantitative estimate of drug-likeness (QED) is 0.854. The van der Waals surface area contributed by atoms with Crippen molar-refractivity contribution in [1.82, 2.24) is 5.32 Å². The van der Waals surface area contributed by atoms with E-state index in [1.807, 2.05) is 41.8 Å². The molecule has 0 amide bonds. The highest BCUT2D eigenvalue weighted by atomic mass is 32.1. The van der Waals surface area contributed by atoms with Crippen LogP contribution in [0.3, 0.4) is 0 Å². The lowest BCUT2D eigenvalue weighted by molar-refractivity contribution is 0.0701. The van der Waals surface area contributed by atoms with Crippen LogP contribution in [0.25, 0.3) is 0 Å². The van der Waals surface area contributed by atoms with E-state index in [2.05, 4.69) is 5.32 Å². The van der Waals surface area contributed by atoms with E-state index < -0.39 is 5.97 Å². The second kappa shape index (κ2) is 5.61. The minimum atomic E-state index is -0.850. The van der Waals surface area contributed by atoms with Crippen molar-refractivity contribution in [3.05, 3.63) is 57.8 Å². The second-order valence-corrected chi connectivity index (χ2v) is 4.59. The number of benzene rings is 1. The number of hydrogen-bond acceptors (Lipinski definition) is 3. The Morgan fingerprint density at radius 1 is 1.18 bits per heavy atom. The van der Waals surface area contributed by atoms with Gasteiger partial charge in [0.05, 0.1) is 0 Å². The number of rotatable bonds is 5. The first-order chi connectivity index (χ1) is 8.27. The smallest absolute Gasteiger partial charge is 0.346 e. The molecule has 0 aliphatic carbocycles. The summed E-state index contributed by atoms with van der Waals surface area (Å²) in [5.74, 6) is -0.850. The summed E-state index contributed by atoms with van der Waals surface area (Å²) in [4.78, 5) is 11.3. The van der Waals surface area contributed by atoms with Crippen molar-refractivity contribution in [3.8, 4) is 0 Å². The molecule has 3 nitrogen and oxygen atoms in total. The van der Waals surface area contributed by atoms with Gasteiger partial charge in [0.15, 0.2) is 0 Å². The average Bonchev–Trinajstić information content (AvgIpc) is 2.79. The van der Waals surface area contributed by atoms with Crippen LogP contribution in [-0.4, -0.2) is 11.1 Å². The molecule has 0 spiro atoms. The summed E-state index contributed by atoms with van der Waals surface area (Å²) in [5.41, 5.74) is 2.04. The van der Waals surface area contributed by atoms with Gasteiger partial charge < -0.3 is 10.4 Å². The number of carbonyl (C=O) groups is 1. The van der Waals surface area contributed by atoms with Gasteiger partial charge in [0.1, 0.15) is 4.88 Å². The van der Waals surface area contributed by atoms with Gasteiger partial charge in [-0.25, -0.2) is 4.79 Å². The molecule has 1 aromatic heterocycles. The molecule has 1 aromatic carbocycles. The summed E-state index contributed by atoms with van der Waals surface area (Å²) in [6, 6.07) is 11.9. The van der Waals surface area contributed by atoms with Crippen molar-refractivity contribution in [2.75, 3.05) is 0 Å². The maximum absolute atomic E-state index is 10.9. The van der Waals surface area contributed by atoms with Crippen LogP contribution in [0, 0.1) is 0 Å². The van der Waals surface area contributed by atoms with Crippen LogP contribution in [0.2, 0.25) is 0 Å². The molecule has 0 unspecified atom stereocenters. The Bertz CT molecular complexity index is 493.